The average Bonchev–Trinajstić information content (AvgIpc) is 2.90. The number of ether oxygens (including phenoxy) is 1. The second-order valence-corrected chi connectivity index (χ2v) is 8.48. The number of hydrogen-bond acceptors (Lipinski definition) is 4. The number of rotatable bonds is 9. The van der Waals surface area contributed by atoms with Crippen molar-refractivity contribution in [3.63, 3.8) is 0 Å². The highest BCUT2D eigenvalue weighted by Gasteiger charge is 2.22. The zero-order valence-corrected chi connectivity index (χ0v) is 19.1. The molecule has 172 valence electrons. The second-order valence-electron chi connectivity index (χ2n) is 8.48. The van der Waals surface area contributed by atoms with Crippen molar-refractivity contribution in [2.45, 2.75) is 32.0 Å². The first-order chi connectivity index (χ1) is 16.7. The summed E-state index contributed by atoms with van der Waals surface area (Å²) in [5.74, 6) is 0.851. The smallest absolute Gasteiger partial charge is 0.151 e. The van der Waals surface area contributed by atoms with E-state index in [4.69, 9.17) is 4.74 Å². The number of benzene rings is 3. The Kier molecular flexibility index (Phi) is 7.84. The molecule has 1 N–H and O–H groups in total. The van der Waals surface area contributed by atoms with Crippen LogP contribution in [0.2, 0.25) is 0 Å². The molecule has 0 aliphatic heterocycles. The van der Waals surface area contributed by atoms with E-state index in [1.807, 2.05) is 91.0 Å². The predicted octanol–water partition coefficient (Wildman–Crippen LogP) is 6.12. The fourth-order valence-electron chi connectivity index (χ4n) is 4.29. The molecule has 1 aliphatic carbocycles. The van der Waals surface area contributed by atoms with E-state index < -0.39 is 6.10 Å². The molecule has 3 aromatic carbocycles. The van der Waals surface area contributed by atoms with Crippen LogP contribution in [0.5, 0.6) is 5.75 Å². The molecule has 4 rings (SSSR count). The van der Waals surface area contributed by atoms with E-state index in [9.17, 15) is 9.90 Å². The fraction of sp³-hybridized carbons (Fsp3) is 0.200. The van der Waals surface area contributed by atoms with Gasteiger partial charge in [0.2, 0.25) is 0 Å². The summed E-state index contributed by atoms with van der Waals surface area (Å²) < 4.78 is 5.85. The average molecular weight is 452 g/mol. The fourth-order valence-corrected chi connectivity index (χ4v) is 4.29. The van der Waals surface area contributed by atoms with Crippen molar-refractivity contribution in [1.82, 2.24) is 0 Å². The summed E-state index contributed by atoms with van der Waals surface area (Å²) in [6.45, 7) is 4.14. The summed E-state index contributed by atoms with van der Waals surface area (Å²) in [5.41, 5.74) is 5.28. The maximum atomic E-state index is 11.9. The zero-order chi connectivity index (χ0) is 23.8. The minimum absolute atomic E-state index is 0.0402. The van der Waals surface area contributed by atoms with Gasteiger partial charge in [-0.15, -0.1) is 0 Å². The maximum Gasteiger partial charge on any atom is 0.151 e. The lowest BCUT2D eigenvalue weighted by Gasteiger charge is -2.24. The number of carbonyl (C=O) groups excluding carboxylic acids is 1. The van der Waals surface area contributed by atoms with Crippen molar-refractivity contribution >= 4 is 24.3 Å². The van der Waals surface area contributed by atoms with Crippen LogP contribution < -0.4 is 4.74 Å². The van der Waals surface area contributed by atoms with Crippen molar-refractivity contribution < 1.29 is 14.6 Å². The molecule has 0 bridgehead atoms. The number of aliphatic hydroxyl groups excluding tert-OH is 1. The van der Waals surface area contributed by atoms with Crippen molar-refractivity contribution in [3.05, 3.63) is 113 Å². The van der Waals surface area contributed by atoms with Crippen LogP contribution in [0.4, 0.5) is 5.69 Å². The third-order valence-electron chi connectivity index (χ3n) is 6.23. The van der Waals surface area contributed by atoms with Gasteiger partial charge in [0.25, 0.3) is 0 Å². The minimum Gasteiger partial charge on any atom is -0.489 e. The molecular weight excluding hydrogens is 422 g/mol. The van der Waals surface area contributed by atoms with Gasteiger partial charge in [-0.05, 0) is 60.9 Å². The Hall–Kier alpha value is -3.76. The van der Waals surface area contributed by atoms with Gasteiger partial charge in [-0.2, -0.15) is 0 Å². The molecule has 3 aromatic rings. The predicted molar refractivity (Wildman–Crippen MR) is 137 cm³/mol. The molecule has 0 radical (unpaired) electrons. The van der Waals surface area contributed by atoms with E-state index in [1.54, 1.807) is 0 Å². The van der Waals surface area contributed by atoms with Gasteiger partial charge in [-0.25, -0.2) is 0 Å². The van der Waals surface area contributed by atoms with E-state index in [1.165, 1.54) is 0 Å². The van der Waals surface area contributed by atoms with Gasteiger partial charge in [-0.1, -0.05) is 72.8 Å². The highest BCUT2D eigenvalue weighted by molar-refractivity contribution is 6.11. The first-order valence-corrected chi connectivity index (χ1v) is 11.5. The van der Waals surface area contributed by atoms with E-state index in [0.29, 0.717) is 24.3 Å². The zero-order valence-electron chi connectivity index (χ0n) is 19.1. The number of aldehydes is 1. The molecule has 2 unspecified atom stereocenters. The molecule has 0 amide bonds. The van der Waals surface area contributed by atoms with Gasteiger partial charge in [0, 0.05) is 17.1 Å². The van der Waals surface area contributed by atoms with Crippen LogP contribution >= 0.6 is 0 Å². The Morgan fingerprint density at radius 2 is 1.76 bits per heavy atom. The molecule has 4 nitrogen and oxygen atoms in total. The topological polar surface area (TPSA) is 58.9 Å². The largest absolute Gasteiger partial charge is 0.489 e. The quantitative estimate of drug-likeness (QED) is 0.242. The van der Waals surface area contributed by atoms with Crippen molar-refractivity contribution in [3.8, 4) is 5.75 Å². The van der Waals surface area contributed by atoms with E-state index in [-0.39, 0.29) is 5.92 Å². The summed E-state index contributed by atoms with van der Waals surface area (Å²) in [4.78, 5) is 15.9. The van der Waals surface area contributed by atoms with Crippen LogP contribution in [0.3, 0.4) is 0 Å². The van der Waals surface area contributed by atoms with Gasteiger partial charge < -0.3 is 9.84 Å². The SMILES string of the molecule is C=Nc1ccccc1/C(C=O)=C1/C=CC(C(O)Cc2ccc(OCc3ccccc3)cc2)CC1. The Bertz CT molecular complexity index is 1180. The molecule has 0 saturated heterocycles. The molecule has 0 saturated carbocycles. The normalized spacial score (nSPS) is 17.6. The van der Waals surface area contributed by atoms with E-state index >= 15 is 0 Å². The summed E-state index contributed by atoms with van der Waals surface area (Å²) in [5, 5.41) is 10.8. The van der Waals surface area contributed by atoms with Crippen molar-refractivity contribution in [2.24, 2.45) is 10.9 Å². The van der Waals surface area contributed by atoms with Gasteiger partial charge >= 0.3 is 0 Å². The van der Waals surface area contributed by atoms with Crippen LogP contribution in [0.15, 0.2) is 102 Å². The number of carbonyl (C=O) groups is 1. The molecule has 0 heterocycles. The first kappa shape index (κ1) is 23.4. The van der Waals surface area contributed by atoms with Crippen LogP contribution in [0.25, 0.3) is 5.57 Å². The number of aliphatic imine (C=N–C) groups is 1. The Morgan fingerprint density at radius 1 is 1.03 bits per heavy atom. The van der Waals surface area contributed by atoms with E-state index in [0.717, 1.165) is 47.1 Å². The van der Waals surface area contributed by atoms with Gasteiger partial charge in [0.1, 0.15) is 12.4 Å². The molecule has 0 fully saturated rings. The highest BCUT2D eigenvalue weighted by atomic mass is 16.5. The van der Waals surface area contributed by atoms with E-state index in [2.05, 4.69) is 11.7 Å². The number of para-hydroxylation sites is 1. The minimum atomic E-state index is -0.490. The number of nitrogens with zero attached hydrogens (tertiary/aromatic N) is 1. The molecule has 1 aliphatic rings. The number of allylic oxidation sites excluding steroid dienone is 3. The van der Waals surface area contributed by atoms with Gasteiger partial charge in [0.15, 0.2) is 6.29 Å². The van der Waals surface area contributed by atoms with Crippen molar-refractivity contribution in [1.29, 1.82) is 0 Å². The molecule has 34 heavy (non-hydrogen) atoms. The van der Waals surface area contributed by atoms with Gasteiger partial charge in [-0.3, -0.25) is 9.79 Å². The number of aliphatic hydroxyl groups is 1. The number of hydrogen-bond donors (Lipinski definition) is 1. The van der Waals surface area contributed by atoms with Crippen molar-refractivity contribution in [2.75, 3.05) is 0 Å². The Balaban J connectivity index is 1.37. The second kappa shape index (κ2) is 11.4. The molecule has 2 atom stereocenters. The molecule has 0 spiro atoms. The summed E-state index contributed by atoms with van der Waals surface area (Å²) in [7, 11) is 0. The summed E-state index contributed by atoms with van der Waals surface area (Å²) in [6, 6.07) is 25.5. The maximum absolute atomic E-state index is 11.9. The van der Waals surface area contributed by atoms with Crippen LogP contribution in [-0.4, -0.2) is 24.2 Å². The van der Waals surface area contributed by atoms with Crippen LogP contribution in [0, 0.1) is 5.92 Å². The molecule has 4 heteroatoms. The molecule has 0 aromatic heterocycles. The highest BCUT2D eigenvalue weighted by Crippen LogP contribution is 2.33. The Morgan fingerprint density at radius 3 is 2.44 bits per heavy atom. The third-order valence-corrected chi connectivity index (χ3v) is 6.23. The third kappa shape index (κ3) is 5.77. The molecular formula is C30H29NO3. The summed E-state index contributed by atoms with van der Waals surface area (Å²) >= 11 is 0. The van der Waals surface area contributed by atoms with Gasteiger partial charge in [0.05, 0.1) is 11.8 Å². The standard InChI is InChI=1S/C30H29NO3/c1-31-29-10-6-5-9-27(29)28(20-32)24-13-15-25(16-14-24)30(33)19-22-11-17-26(18-12-22)34-21-23-7-3-2-4-8-23/h2-13,15,17-18,20,25,30,33H,1,14,16,19,21H2/b28-24-. The summed E-state index contributed by atoms with van der Waals surface area (Å²) in [6.07, 6.45) is 6.47. The van der Waals surface area contributed by atoms with Crippen LogP contribution in [-0.2, 0) is 17.8 Å². The lowest BCUT2D eigenvalue weighted by atomic mass is 9.83. The lowest BCUT2D eigenvalue weighted by Crippen LogP contribution is -2.23. The van der Waals surface area contributed by atoms with Crippen LogP contribution in [0.1, 0.15) is 29.5 Å². The monoisotopic (exact) mass is 451 g/mol. The first-order valence-electron chi connectivity index (χ1n) is 11.5. The Labute approximate surface area is 201 Å². The lowest BCUT2D eigenvalue weighted by molar-refractivity contribution is -0.103.